The number of halogens is 2. The lowest BCUT2D eigenvalue weighted by Gasteiger charge is -2.09. The Balaban J connectivity index is 1.68. The van der Waals surface area contributed by atoms with Crippen molar-refractivity contribution in [2.24, 2.45) is 0 Å². The summed E-state index contributed by atoms with van der Waals surface area (Å²) in [4.78, 5) is 12.5. The molecule has 5 nitrogen and oxygen atoms in total. The third-order valence-electron chi connectivity index (χ3n) is 3.06. The third-order valence-corrected chi connectivity index (χ3v) is 3.79. The molecule has 0 aliphatic carbocycles. The number of benzene rings is 1. The summed E-state index contributed by atoms with van der Waals surface area (Å²) >= 11 is 11.9. The molecule has 0 atom stereocenters. The molecule has 116 valence electrons. The maximum Gasteiger partial charge on any atom is 0.135 e. The Morgan fingerprint density at radius 1 is 0.957 bits per heavy atom. The van der Waals surface area contributed by atoms with Crippen LogP contribution in [0.25, 0.3) is 0 Å². The number of rotatable bonds is 5. The first-order valence-electron chi connectivity index (χ1n) is 6.87. The number of hydrogen-bond donors (Lipinski definition) is 2. The first-order chi connectivity index (χ1) is 11.2. The van der Waals surface area contributed by atoms with Gasteiger partial charge in [-0.2, -0.15) is 0 Å². The summed E-state index contributed by atoms with van der Waals surface area (Å²) in [5.74, 6) is 1.37. The van der Waals surface area contributed by atoms with Crippen molar-refractivity contribution in [3.63, 3.8) is 0 Å². The first kappa shape index (κ1) is 15.5. The van der Waals surface area contributed by atoms with Crippen molar-refractivity contribution in [3.8, 4) is 0 Å². The molecule has 0 amide bonds. The van der Waals surface area contributed by atoms with Gasteiger partial charge in [-0.05, 0) is 29.8 Å². The monoisotopic (exact) mass is 345 g/mol. The predicted octanol–water partition coefficient (Wildman–Crippen LogP) is 4.53. The fourth-order valence-electron chi connectivity index (χ4n) is 1.94. The molecular formula is C16H13Cl2N5. The summed E-state index contributed by atoms with van der Waals surface area (Å²) in [5.41, 5.74) is 1.88. The van der Waals surface area contributed by atoms with Gasteiger partial charge in [0.15, 0.2) is 0 Å². The van der Waals surface area contributed by atoms with Crippen LogP contribution in [0.4, 0.5) is 17.3 Å². The fourth-order valence-corrected chi connectivity index (χ4v) is 2.24. The molecule has 0 aliphatic heterocycles. The highest BCUT2D eigenvalue weighted by molar-refractivity contribution is 6.42. The Labute approximate surface area is 143 Å². The SMILES string of the molecule is Clc1ccc(Nc2cc(NCc3cccnc3)ncn2)cc1Cl. The van der Waals surface area contributed by atoms with Crippen molar-refractivity contribution in [1.29, 1.82) is 0 Å². The van der Waals surface area contributed by atoms with E-state index in [1.165, 1.54) is 6.33 Å². The summed E-state index contributed by atoms with van der Waals surface area (Å²) in [6, 6.07) is 11.0. The number of pyridine rings is 1. The minimum atomic E-state index is 0.487. The summed E-state index contributed by atoms with van der Waals surface area (Å²) in [6.07, 6.45) is 5.04. The maximum atomic E-state index is 6.01. The molecule has 7 heteroatoms. The smallest absolute Gasteiger partial charge is 0.135 e. The van der Waals surface area contributed by atoms with Crippen molar-refractivity contribution in [1.82, 2.24) is 15.0 Å². The van der Waals surface area contributed by atoms with Gasteiger partial charge in [0, 0.05) is 30.7 Å². The van der Waals surface area contributed by atoms with Crippen LogP contribution in [0.1, 0.15) is 5.56 Å². The van der Waals surface area contributed by atoms with Crippen molar-refractivity contribution >= 4 is 40.5 Å². The highest BCUT2D eigenvalue weighted by Crippen LogP contribution is 2.26. The number of nitrogens with one attached hydrogen (secondary N) is 2. The molecule has 3 aromatic rings. The van der Waals surface area contributed by atoms with Crippen LogP contribution < -0.4 is 10.6 Å². The predicted molar refractivity (Wildman–Crippen MR) is 93.3 cm³/mol. The van der Waals surface area contributed by atoms with E-state index in [9.17, 15) is 0 Å². The van der Waals surface area contributed by atoms with Crippen molar-refractivity contribution in [2.45, 2.75) is 6.54 Å². The standard InChI is InChI=1S/C16H13Cl2N5/c17-13-4-3-12(6-14(13)18)23-16-7-15(21-10-22-16)20-9-11-2-1-5-19-8-11/h1-8,10H,9H2,(H2,20,21,22,23). The largest absolute Gasteiger partial charge is 0.366 e. The van der Waals surface area contributed by atoms with Gasteiger partial charge in [0.1, 0.15) is 18.0 Å². The lowest BCUT2D eigenvalue weighted by Crippen LogP contribution is -2.03. The van der Waals surface area contributed by atoms with E-state index in [4.69, 9.17) is 23.2 Å². The van der Waals surface area contributed by atoms with Crippen LogP contribution in [0.3, 0.4) is 0 Å². The van der Waals surface area contributed by atoms with Gasteiger partial charge < -0.3 is 10.6 Å². The molecule has 0 aliphatic rings. The topological polar surface area (TPSA) is 62.7 Å². The molecule has 0 unspecified atom stereocenters. The number of anilines is 3. The molecule has 0 saturated heterocycles. The van der Waals surface area contributed by atoms with Gasteiger partial charge in [-0.1, -0.05) is 29.3 Å². The molecule has 3 rings (SSSR count). The van der Waals surface area contributed by atoms with Crippen molar-refractivity contribution in [2.75, 3.05) is 10.6 Å². The van der Waals surface area contributed by atoms with Crippen LogP contribution in [0.15, 0.2) is 55.1 Å². The summed E-state index contributed by atoms with van der Waals surface area (Å²) in [5, 5.41) is 7.39. The molecule has 1 aromatic carbocycles. The molecule has 0 spiro atoms. The summed E-state index contributed by atoms with van der Waals surface area (Å²) < 4.78 is 0. The normalized spacial score (nSPS) is 10.3. The van der Waals surface area contributed by atoms with E-state index in [0.717, 1.165) is 11.3 Å². The van der Waals surface area contributed by atoms with Crippen LogP contribution in [0, 0.1) is 0 Å². The quantitative estimate of drug-likeness (QED) is 0.710. The zero-order valence-electron chi connectivity index (χ0n) is 12.0. The third kappa shape index (κ3) is 4.31. The van der Waals surface area contributed by atoms with Crippen LogP contribution in [-0.2, 0) is 6.54 Å². The second-order valence-electron chi connectivity index (χ2n) is 4.76. The van der Waals surface area contributed by atoms with E-state index >= 15 is 0 Å². The number of aromatic nitrogens is 3. The van der Waals surface area contributed by atoms with Gasteiger partial charge in [0.2, 0.25) is 0 Å². The Morgan fingerprint density at radius 3 is 2.61 bits per heavy atom. The average Bonchev–Trinajstić information content (AvgIpc) is 2.58. The summed E-state index contributed by atoms with van der Waals surface area (Å²) in [6.45, 7) is 0.636. The maximum absolute atomic E-state index is 6.01. The Hall–Kier alpha value is -2.37. The van der Waals surface area contributed by atoms with Crippen molar-refractivity contribution < 1.29 is 0 Å². The average molecular weight is 346 g/mol. The fraction of sp³-hybridized carbons (Fsp3) is 0.0625. The van der Waals surface area contributed by atoms with Crippen LogP contribution in [0.2, 0.25) is 10.0 Å². The van der Waals surface area contributed by atoms with E-state index in [0.29, 0.717) is 28.2 Å². The molecular weight excluding hydrogens is 333 g/mol. The lowest BCUT2D eigenvalue weighted by atomic mass is 10.3. The van der Waals surface area contributed by atoms with Gasteiger partial charge in [-0.3, -0.25) is 4.98 Å². The molecule has 0 radical (unpaired) electrons. The second kappa shape index (κ2) is 7.26. The zero-order valence-corrected chi connectivity index (χ0v) is 13.5. The molecule has 0 bridgehead atoms. The Kier molecular flexibility index (Phi) is 4.90. The van der Waals surface area contributed by atoms with Crippen LogP contribution in [-0.4, -0.2) is 15.0 Å². The summed E-state index contributed by atoms with van der Waals surface area (Å²) in [7, 11) is 0. The van der Waals surface area contributed by atoms with Crippen LogP contribution >= 0.6 is 23.2 Å². The van der Waals surface area contributed by atoms with E-state index < -0.39 is 0 Å². The highest BCUT2D eigenvalue weighted by Gasteiger charge is 2.03. The van der Waals surface area contributed by atoms with Gasteiger partial charge in [-0.25, -0.2) is 9.97 Å². The Bertz CT molecular complexity index is 795. The van der Waals surface area contributed by atoms with Gasteiger partial charge >= 0.3 is 0 Å². The van der Waals surface area contributed by atoms with Gasteiger partial charge in [-0.15, -0.1) is 0 Å². The van der Waals surface area contributed by atoms with E-state index in [1.807, 2.05) is 30.5 Å². The lowest BCUT2D eigenvalue weighted by molar-refractivity contribution is 1.07. The molecule has 2 aromatic heterocycles. The molecule has 0 saturated carbocycles. The van der Waals surface area contributed by atoms with Gasteiger partial charge in [0.25, 0.3) is 0 Å². The number of nitrogens with zero attached hydrogens (tertiary/aromatic N) is 3. The minimum Gasteiger partial charge on any atom is -0.366 e. The van der Waals surface area contributed by atoms with E-state index in [1.54, 1.807) is 18.3 Å². The van der Waals surface area contributed by atoms with Crippen LogP contribution in [0.5, 0.6) is 0 Å². The molecule has 2 N–H and O–H groups in total. The highest BCUT2D eigenvalue weighted by atomic mass is 35.5. The van der Waals surface area contributed by atoms with E-state index in [2.05, 4.69) is 25.6 Å². The minimum absolute atomic E-state index is 0.487. The second-order valence-corrected chi connectivity index (χ2v) is 5.57. The van der Waals surface area contributed by atoms with Gasteiger partial charge in [0.05, 0.1) is 10.0 Å². The first-order valence-corrected chi connectivity index (χ1v) is 7.63. The number of hydrogen-bond acceptors (Lipinski definition) is 5. The molecule has 2 heterocycles. The zero-order chi connectivity index (χ0) is 16.1. The molecule has 23 heavy (non-hydrogen) atoms. The van der Waals surface area contributed by atoms with E-state index in [-0.39, 0.29) is 0 Å². The van der Waals surface area contributed by atoms with Crippen molar-refractivity contribution in [3.05, 3.63) is 70.7 Å². The molecule has 0 fully saturated rings. The Morgan fingerprint density at radius 2 is 1.83 bits per heavy atom.